The second kappa shape index (κ2) is 6.39. The highest BCUT2D eigenvalue weighted by Gasteiger charge is 2.15. The first kappa shape index (κ1) is 13.7. The average molecular weight is 238 g/mol. The number of aryl methyl sites for hydroxylation is 1. The van der Waals surface area contributed by atoms with E-state index in [2.05, 4.69) is 24.1 Å². The van der Waals surface area contributed by atoms with E-state index >= 15 is 0 Å². The van der Waals surface area contributed by atoms with Gasteiger partial charge in [-0.05, 0) is 12.8 Å². The summed E-state index contributed by atoms with van der Waals surface area (Å²) in [5.74, 6) is 0.417. The molecule has 1 unspecified atom stereocenters. The van der Waals surface area contributed by atoms with Gasteiger partial charge in [0.2, 0.25) is 5.91 Å². The fourth-order valence-electron chi connectivity index (χ4n) is 1.64. The number of nitrogens with one attached hydrogen (secondary N) is 1. The molecule has 0 aliphatic rings. The zero-order chi connectivity index (χ0) is 12.8. The van der Waals surface area contributed by atoms with Gasteiger partial charge in [-0.25, -0.2) is 4.98 Å². The number of nitrogens with two attached hydrogens (primary N) is 1. The summed E-state index contributed by atoms with van der Waals surface area (Å²) in [6.45, 7) is 7.36. The molecule has 1 aromatic heterocycles. The van der Waals surface area contributed by atoms with Gasteiger partial charge in [0.25, 0.3) is 0 Å². The maximum absolute atomic E-state index is 11.4. The molecule has 0 aliphatic carbocycles. The van der Waals surface area contributed by atoms with Crippen molar-refractivity contribution in [2.24, 2.45) is 11.7 Å². The molecular formula is C12H22N4O. The maximum atomic E-state index is 11.4. The van der Waals surface area contributed by atoms with E-state index in [1.165, 1.54) is 0 Å². The Kier molecular flexibility index (Phi) is 5.15. The van der Waals surface area contributed by atoms with Crippen LogP contribution in [0.1, 0.15) is 38.9 Å². The van der Waals surface area contributed by atoms with Crippen LogP contribution in [-0.4, -0.2) is 22.0 Å². The number of nitrogens with zero attached hydrogens (tertiary/aromatic N) is 2. The highest BCUT2D eigenvalue weighted by Crippen LogP contribution is 2.18. The monoisotopic (exact) mass is 238 g/mol. The number of amides is 1. The van der Waals surface area contributed by atoms with E-state index in [1.807, 2.05) is 11.5 Å². The third-order valence-electron chi connectivity index (χ3n) is 2.76. The van der Waals surface area contributed by atoms with Crippen molar-refractivity contribution in [2.75, 3.05) is 6.54 Å². The fourth-order valence-corrected chi connectivity index (χ4v) is 1.64. The van der Waals surface area contributed by atoms with Crippen LogP contribution >= 0.6 is 0 Å². The Morgan fingerprint density at radius 3 is 2.88 bits per heavy atom. The van der Waals surface area contributed by atoms with Crippen LogP contribution in [0.15, 0.2) is 12.5 Å². The molecule has 1 rings (SSSR count). The number of rotatable bonds is 6. The number of carbonyl (C=O) groups excluding carboxylic acids is 1. The number of imidazole rings is 1. The smallest absolute Gasteiger partial charge is 0.221 e. The number of aromatic nitrogens is 2. The highest BCUT2D eigenvalue weighted by molar-refractivity contribution is 5.75. The van der Waals surface area contributed by atoms with Crippen molar-refractivity contribution in [3.05, 3.63) is 18.2 Å². The summed E-state index contributed by atoms with van der Waals surface area (Å²) in [5, 5.41) is 2.78. The van der Waals surface area contributed by atoms with Gasteiger partial charge in [-0.1, -0.05) is 13.8 Å². The van der Waals surface area contributed by atoms with Crippen LogP contribution in [0.4, 0.5) is 0 Å². The van der Waals surface area contributed by atoms with Gasteiger partial charge in [-0.2, -0.15) is 0 Å². The molecule has 1 amide bonds. The van der Waals surface area contributed by atoms with Crippen LogP contribution in [0.25, 0.3) is 0 Å². The molecule has 0 aliphatic heterocycles. The lowest BCUT2D eigenvalue weighted by molar-refractivity contribution is -0.121. The van der Waals surface area contributed by atoms with Crippen molar-refractivity contribution in [1.29, 1.82) is 0 Å². The summed E-state index contributed by atoms with van der Waals surface area (Å²) in [7, 11) is 0. The summed E-state index contributed by atoms with van der Waals surface area (Å²) >= 11 is 0. The van der Waals surface area contributed by atoms with Crippen molar-refractivity contribution in [3.63, 3.8) is 0 Å². The Hall–Kier alpha value is -1.36. The van der Waals surface area contributed by atoms with Gasteiger partial charge in [0, 0.05) is 31.7 Å². The van der Waals surface area contributed by atoms with Gasteiger partial charge >= 0.3 is 0 Å². The minimum atomic E-state index is -0.0354. The van der Waals surface area contributed by atoms with E-state index in [-0.39, 0.29) is 11.9 Å². The molecule has 96 valence electrons. The Balaban J connectivity index is 2.60. The SMILES string of the molecule is CCNC(=O)CCn1cncc1C(N)C(C)C. The topological polar surface area (TPSA) is 72.9 Å². The van der Waals surface area contributed by atoms with Crippen LogP contribution in [0.5, 0.6) is 0 Å². The van der Waals surface area contributed by atoms with Crippen molar-refractivity contribution in [2.45, 2.75) is 39.8 Å². The second-order valence-corrected chi connectivity index (χ2v) is 4.49. The van der Waals surface area contributed by atoms with E-state index in [1.54, 1.807) is 12.5 Å². The normalized spacial score (nSPS) is 12.8. The lowest BCUT2D eigenvalue weighted by Crippen LogP contribution is -2.25. The van der Waals surface area contributed by atoms with Gasteiger partial charge < -0.3 is 15.6 Å². The average Bonchev–Trinajstić information content (AvgIpc) is 2.73. The van der Waals surface area contributed by atoms with Gasteiger partial charge in [0.1, 0.15) is 0 Å². The third kappa shape index (κ3) is 3.85. The van der Waals surface area contributed by atoms with Crippen LogP contribution in [-0.2, 0) is 11.3 Å². The third-order valence-corrected chi connectivity index (χ3v) is 2.76. The van der Waals surface area contributed by atoms with Crippen molar-refractivity contribution in [1.82, 2.24) is 14.9 Å². The fraction of sp³-hybridized carbons (Fsp3) is 0.667. The van der Waals surface area contributed by atoms with Gasteiger partial charge in [0.05, 0.1) is 12.0 Å². The number of hydrogen-bond donors (Lipinski definition) is 2. The molecule has 5 heteroatoms. The minimum absolute atomic E-state index is 0.0354. The van der Waals surface area contributed by atoms with Crippen molar-refractivity contribution < 1.29 is 4.79 Å². The molecule has 5 nitrogen and oxygen atoms in total. The molecule has 1 atom stereocenters. The first-order valence-electron chi connectivity index (χ1n) is 6.08. The van der Waals surface area contributed by atoms with Crippen LogP contribution in [0.3, 0.4) is 0 Å². The van der Waals surface area contributed by atoms with E-state index in [9.17, 15) is 4.79 Å². The number of carbonyl (C=O) groups is 1. The molecule has 1 heterocycles. The zero-order valence-electron chi connectivity index (χ0n) is 10.8. The largest absolute Gasteiger partial charge is 0.356 e. The first-order chi connectivity index (χ1) is 8.06. The minimum Gasteiger partial charge on any atom is -0.356 e. The van der Waals surface area contributed by atoms with E-state index in [4.69, 9.17) is 5.73 Å². The molecule has 17 heavy (non-hydrogen) atoms. The van der Waals surface area contributed by atoms with Crippen molar-refractivity contribution >= 4 is 5.91 Å². The predicted octanol–water partition coefficient (Wildman–Crippen LogP) is 1.07. The summed E-state index contributed by atoms with van der Waals surface area (Å²) in [6, 6.07) is -0.0354. The molecule has 0 aromatic carbocycles. The molecule has 3 N–H and O–H groups in total. The molecule has 1 aromatic rings. The van der Waals surface area contributed by atoms with Crippen LogP contribution in [0, 0.1) is 5.92 Å². The number of hydrogen-bond acceptors (Lipinski definition) is 3. The Morgan fingerprint density at radius 2 is 2.29 bits per heavy atom. The Bertz CT molecular complexity index is 359. The molecule has 0 saturated carbocycles. The van der Waals surface area contributed by atoms with Crippen LogP contribution in [0.2, 0.25) is 0 Å². The van der Waals surface area contributed by atoms with Gasteiger partial charge in [-0.3, -0.25) is 4.79 Å². The predicted molar refractivity (Wildman–Crippen MR) is 67.3 cm³/mol. The summed E-state index contributed by atoms with van der Waals surface area (Å²) in [6.07, 6.45) is 3.97. The standard InChI is InChI=1S/C12H22N4O/c1-4-15-11(17)5-6-16-8-14-7-10(16)12(13)9(2)3/h7-9,12H,4-6,13H2,1-3H3,(H,15,17). The Morgan fingerprint density at radius 1 is 1.59 bits per heavy atom. The van der Waals surface area contributed by atoms with E-state index in [0.717, 1.165) is 5.69 Å². The lowest BCUT2D eigenvalue weighted by atomic mass is 10.0. The van der Waals surface area contributed by atoms with Crippen molar-refractivity contribution in [3.8, 4) is 0 Å². The Labute approximate surface area is 102 Å². The lowest BCUT2D eigenvalue weighted by Gasteiger charge is -2.17. The molecule has 0 bridgehead atoms. The van der Waals surface area contributed by atoms with E-state index < -0.39 is 0 Å². The molecule has 0 radical (unpaired) electrons. The molecular weight excluding hydrogens is 216 g/mol. The molecule has 0 spiro atoms. The zero-order valence-corrected chi connectivity index (χ0v) is 10.8. The molecule has 0 fully saturated rings. The van der Waals surface area contributed by atoms with Crippen LogP contribution < -0.4 is 11.1 Å². The molecule has 0 saturated heterocycles. The highest BCUT2D eigenvalue weighted by atomic mass is 16.1. The maximum Gasteiger partial charge on any atom is 0.221 e. The summed E-state index contributed by atoms with van der Waals surface area (Å²) in [4.78, 5) is 15.5. The summed E-state index contributed by atoms with van der Waals surface area (Å²) < 4.78 is 1.96. The second-order valence-electron chi connectivity index (χ2n) is 4.49. The quantitative estimate of drug-likeness (QED) is 0.778. The first-order valence-corrected chi connectivity index (χ1v) is 6.08. The summed E-state index contributed by atoms with van der Waals surface area (Å²) in [5.41, 5.74) is 7.08. The van der Waals surface area contributed by atoms with E-state index in [0.29, 0.717) is 25.4 Å². The van der Waals surface area contributed by atoms with Gasteiger partial charge in [-0.15, -0.1) is 0 Å². The van der Waals surface area contributed by atoms with Gasteiger partial charge in [0.15, 0.2) is 0 Å².